The van der Waals surface area contributed by atoms with Gasteiger partial charge in [-0.25, -0.2) is 9.78 Å². The molecule has 10 heteroatoms. The highest BCUT2D eigenvalue weighted by molar-refractivity contribution is 7.99. The third kappa shape index (κ3) is 3.16. The second kappa shape index (κ2) is 6.19. The molecule has 0 radical (unpaired) electrons. The lowest BCUT2D eigenvalue weighted by Gasteiger charge is -2.33. The molecule has 1 aromatic rings. The number of H-pyrrole nitrogens is 1. The molecule has 23 heavy (non-hydrogen) atoms. The van der Waals surface area contributed by atoms with Gasteiger partial charge in [0.1, 0.15) is 11.9 Å². The predicted molar refractivity (Wildman–Crippen MR) is 81.0 cm³/mol. The summed E-state index contributed by atoms with van der Waals surface area (Å²) < 4.78 is 0. The normalized spacial score (nSPS) is 27.3. The average Bonchev–Trinajstić information content (AvgIpc) is 3.12. The molecule has 1 aliphatic heterocycles. The number of thioether (sulfide) groups is 1. The van der Waals surface area contributed by atoms with Gasteiger partial charge in [-0.05, 0) is 31.6 Å². The van der Waals surface area contributed by atoms with Crippen molar-refractivity contribution in [1.82, 2.24) is 30.9 Å². The third-order valence-electron chi connectivity index (χ3n) is 4.26. The van der Waals surface area contributed by atoms with Gasteiger partial charge in [0.25, 0.3) is 5.91 Å². The van der Waals surface area contributed by atoms with E-state index in [0.29, 0.717) is 23.9 Å². The second-order valence-electron chi connectivity index (χ2n) is 5.95. The maximum Gasteiger partial charge on any atom is 0.344 e. The minimum Gasteiger partial charge on any atom is -0.322 e. The van der Waals surface area contributed by atoms with E-state index in [1.54, 1.807) is 0 Å². The summed E-state index contributed by atoms with van der Waals surface area (Å²) in [5, 5.41) is 10.3. The molecule has 1 aromatic heterocycles. The number of rotatable bonds is 4. The molecule has 2 fully saturated rings. The first-order valence-electron chi connectivity index (χ1n) is 7.44. The number of amides is 4. The first-order chi connectivity index (χ1) is 11.0. The summed E-state index contributed by atoms with van der Waals surface area (Å²) in [6, 6.07) is -0.567. The molecule has 0 aromatic carbocycles. The van der Waals surface area contributed by atoms with Crippen molar-refractivity contribution in [2.45, 2.75) is 43.3 Å². The Kier molecular flexibility index (Phi) is 4.24. The topological polar surface area (TPSA) is 120 Å². The molecule has 3 rings (SSSR count). The molecule has 0 atom stereocenters. The van der Waals surface area contributed by atoms with Crippen LogP contribution in [0.25, 0.3) is 0 Å². The Morgan fingerprint density at radius 1 is 1.48 bits per heavy atom. The van der Waals surface area contributed by atoms with E-state index in [9.17, 15) is 14.4 Å². The number of hydrazine groups is 1. The number of imide groups is 1. The number of nitrogens with zero attached hydrogens (tertiary/aromatic N) is 3. The molecular formula is C13H18N6O3S. The molecule has 1 saturated carbocycles. The van der Waals surface area contributed by atoms with E-state index in [1.807, 2.05) is 0 Å². The lowest BCUT2D eigenvalue weighted by molar-refractivity contribution is -0.139. The summed E-state index contributed by atoms with van der Waals surface area (Å²) in [4.78, 5) is 40.4. The van der Waals surface area contributed by atoms with Crippen LogP contribution in [0.1, 0.15) is 32.6 Å². The zero-order valence-electron chi connectivity index (χ0n) is 12.7. The minimum absolute atomic E-state index is 0.0241. The van der Waals surface area contributed by atoms with Gasteiger partial charge in [0, 0.05) is 0 Å². The summed E-state index contributed by atoms with van der Waals surface area (Å²) in [6.07, 6.45) is 4.33. The lowest BCUT2D eigenvalue weighted by Crippen LogP contribution is -2.51. The smallest absolute Gasteiger partial charge is 0.322 e. The van der Waals surface area contributed by atoms with E-state index in [-0.39, 0.29) is 11.7 Å². The van der Waals surface area contributed by atoms with Crippen molar-refractivity contribution < 1.29 is 14.4 Å². The van der Waals surface area contributed by atoms with Gasteiger partial charge in [0.05, 0.1) is 5.75 Å². The number of hydrogen-bond acceptors (Lipinski definition) is 6. The Labute approximate surface area is 136 Å². The first kappa shape index (κ1) is 15.8. The summed E-state index contributed by atoms with van der Waals surface area (Å²) >= 11 is 1.14. The highest BCUT2D eigenvalue weighted by Crippen LogP contribution is 2.35. The van der Waals surface area contributed by atoms with Crippen molar-refractivity contribution >= 4 is 29.6 Å². The molecule has 1 aliphatic carbocycles. The van der Waals surface area contributed by atoms with Gasteiger partial charge in [-0.2, -0.15) is 10.1 Å². The minimum atomic E-state index is -0.852. The van der Waals surface area contributed by atoms with Crippen LogP contribution in [0.15, 0.2) is 11.5 Å². The average molecular weight is 338 g/mol. The number of aromatic amines is 1. The summed E-state index contributed by atoms with van der Waals surface area (Å²) in [5.74, 6) is -0.244. The van der Waals surface area contributed by atoms with Gasteiger partial charge in [-0.3, -0.25) is 20.1 Å². The SMILES string of the molecule is CC1CCC2(CC1)NC(=O)N(NC(=O)CSc1ncn[nH]1)C2=O. The molecular weight excluding hydrogens is 320 g/mol. The van der Waals surface area contributed by atoms with E-state index in [0.717, 1.165) is 29.6 Å². The number of aromatic nitrogens is 3. The zero-order chi connectivity index (χ0) is 16.4. The van der Waals surface area contributed by atoms with E-state index in [2.05, 4.69) is 32.8 Å². The quantitative estimate of drug-likeness (QED) is 0.541. The highest BCUT2D eigenvalue weighted by Gasteiger charge is 2.52. The largest absolute Gasteiger partial charge is 0.344 e. The monoisotopic (exact) mass is 338 g/mol. The maximum atomic E-state index is 12.6. The van der Waals surface area contributed by atoms with Crippen LogP contribution in [0.5, 0.6) is 0 Å². The fourth-order valence-electron chi connectivity index (χ4n) is 2.87. The van der Waals surface area contributed by atoms with Gasteiger partial charge in [-0.15, -0.1) is 0 Å². The van der Waals surface area contributed by atoms with E-state index >= 15 is 0 Å². The lowest BCUT2D eigenvalue weighted by atomic mass is 9.77. The molecule has 9 nitrogen and oxygen atoms in total. The predicted octanol–water partition coefficient (Wildman–Crippen LogP) is 0.429. The first-order valence-corrected chi connectivity index (χ1v) is 8.43. The van der Waals surface area contributed by atoms with Crippen LogP contribution in [-0.2, 0) is 9.59 Å². The fraction of sp³-hybridized carbons (Fsp3) is 0.615. The Bertz CT molecular complexity index is 611. The Morgan fingerprint density at radius 3 is 2.87 bits per heavy atom. The van der Waals surface area contributed by atoms with Crippen LogP contribution >= 0.6 is 11.8 Å². The van der Waals surface area contributed by atoms with Crippen LogP contribution in [0.4, 0.5) is 4.79 Å². The van der Waals surface area contributed by atoms with Gasteiger partial charge >= 0.3 is 6.03 Å². The Hall–Kier alpha value is -2.10. The molecule has 3 N–H and O–H groups in total. The molecule has 2 heterocycles. The molecule has 124 valence electrons. The Balaban J connectivity index is 1.58. The number of carbonyl (C=O) groups excluding carboxylic acids is 3. The van der Waals surface area contributed by atoms with Crippen LogP contribution in [-0.4, -0.2) is 49.3 Å². The molecule has 1 spiro atoms. The van der Waals surface area contributed by atoms with Crippen molar-refractivity contribution in [3.63, 3.8) is 0 Å². The fourth-order valence-corrected chi connectivity index (χ4v) is 3.44. The van der Waals surface area contributed by atoms with E-state index < -0.39 is 17.5 Å². The van der Waals surface area contributed by atoms with Crippen LogP contribution < -0.4 is 10.7 Å². The van der Waals surface area contributed by atoms with Crippen LogP contribution in [0.3, 0.4) is 0 Å². The highest BCUT2D eigenvalue weighted by atomic mass is 32.2. The van der Waals surface area contributed by atoms with Gasteiger partial charge in [0.15, 0.2) is 5.16 Å². The van der Waals surface area contributed by atoms with Crippen molar-refractivity contribution in [3.05, 3.63) is 6.33 Å². The van der Waals surface area contributed by atoms with Crippen molar-refractivity contribution in [3.8, 4) is 0 Å². The van der Waals surface area contributed by atoms with Gasteiger partial charge in [0.2, 0.25) is 5.91 Å². The molecule has 1 saturated heterocycles. The summed E-state index contributed by atoms with van der Waals surface area (Å²) in [5.41, 5.74) is 1.52. The van der Waals surface area contributed by atoms with E-state index in [4.69, 9.17) is 0 Å². The van der Waals surface area contributed by atoms with Crippen molar-refractivity contribution in [1.29, 1.82) is 0 Å². The van der Waals surface area contributed by atoms with Gasteiger partial charge in [-0.1, -0.05) is 18.7 Å². The van der Waals surface area contributed by atoms with Crippen molar-refractivity contribution in [2.24, 2.45) is 5.92 Å². The Morgan fingerprint density at radius 2 is 2.22 bits per heavy atom. The molecule has 2 aliphatic rings. The molecule has 0 bridgehead atoms. The zero-order valence-corrected chi connectivity index (χ0v) is 13.5. The summed E-state index contributed by atoms with van der Waals surface area (Å²) in [6.45, 7) is 2.13. The molecule has 4 amide bonds. The molecule has 0 unspecified atom stereocenters. The van der Waals surface area contributed by atoms with Crippen LogP contribution in [0, 0.1) is 5.92 Å². The summed E-state index contributed by atoms with van der Waals surface area (Å²) in [7, 11) is 0. The number of hydrogen-bond donors (Lipinski definition) is 3. The number of nitrogens with one attached hydrogen (secondary N) is 3. The third-order valence-corrected chi connectivity index (χ3v) is 5.14. The standard InChI is InChI=1S/C13H18N6O3S/c1-8-2-4-13(5-3-8)10(21)19(12(22)16-13)18-9(20)6-23-11-14-7-15-17-11/h7-8H,2-6H2,1H3,(H,16,22)(H,18,20)(H,14,15,17). The second-order valence-corrected chi connectivity index (χ2v) is 6.91. The van der Waals surface area contributed by atoms with Crippen molar-refractivity contribution in [2.75, 3.05) is 5.75 Å². The maximum absolute atomic E-state index is 12.6. The number of carbonyl (C=O) groups is 3. The van der Waals surface area contributed by atoms with E-state index in [1.165, 1.54) is 6.33 Å². The van der Waals surface area contributed by atoms with Crippen LogP contribution in [0.2, 0.25) is 0 Å². The number of urea groups is 1. The van der Waals surface area contributed by atoms with Gasteiger partial charge < -0.3 is 5.32 Å².